The largest absolute Gasteiger partial charge is 0.354 e. The Bertz CT molecular complexity index is 920. The molecule has 1 amide bonds. The Labute approximate surface area is 159 Å². The lowest BCUT2D eigenvalue weighted by atomic mass is 10.1. The molecule has 6 nitrogen and oxygen atoms in total. The summed E-state index contributed by atoms with van der Waals surface area (Å²) in [5.74, 6) is -0.516. The number of nitrogens with zero attached hydrogens (tertiary/aromatic N) is 2. The number of sulfone groups is 1. The van der Waals surface area contributed by atoms with E-state index in [1.54, 1.807) is 22.9 Å². The number of nitrogens with one attached hydrogen (secondary N) is 1. The summed E-state index contributed by atoms with van der Waals surface area (Å²) in [7, 11) is -3.48. The van der Waals surface area contributed by atoms with Crippen LogP contribution in [0.2, 0.25) is 5.02 Å². The molecule has 0 radical (unpaired) electrons. The molecule has 1 aromatic carbocycles. The van der Waals surface area contributed by atoms with Gasteiger partial charge in [0.1, 0.15) is 0 Å². The van der Waals surface area contributed by atoms with Crippen molar-refractivity contribution < 1.29 is 13.2 Å². The number of benzene rings is 1. The van der Waals surface area contributed by atoms with Crippen LogP contribution in [0.1, 0.15) is 28.9 Å². The van der Waals surface area contributed by atoms with Gasteiger partial charge in [-0.3, -0.25) is 9.48 Å². The van der Waals surface area contributed by atoms with Crippen LogP contribution in [0.15, 0.2) is 23.1 Å². The smallest absolute Gasteiger partial charge is 0.221 e. The zero-order valence-corrected chi connectivity index (χ0v) is 17.0. The van der Waals surface area contributed by atoms with E-state index in [0.29, 0.717) is 18.1 Å². The molecule has 1 heterocycles. The number of aromatic nitrogens is 2. The van der Waals surface area contributed by atoms with Crippen LogP contribution >= 0.6 is 11.6 Å². The zero-order chi connectivity index (χ0) is 19.5. The highest BCUT2D eigenvalue weighted by molar-refractivity contribution is 7.91. The van der Waals surface area contributed by atoms with Crippen molar-refractivity contribution in [1.29, 1.82) is 0 Å². The summed E-state index contributed by atoms with van der Waals surface area (Å²) in [4.78, 5) is 12.2. The summed E-state index contributed by atoms with van der Waals surface area (Å²) in [6.45, 7) is 8.32. The number of aryl methyl sites for hydroxylation is 3. The molecule has 0 aliphatic rings. The molecule has 0 saturated heterocycles. The van der Waals surface area contributed by atoms with E-state index in [2.05, 4.69) is 10.4 Å². The van der Waals surface area contributed by atoms with E-state index in [0.717, 1.165) is 22.5 Å². The number of carbonyl (C=O) groups is 1. The van der Waals surface area contributed by atoms with Gasteiger partial charge >= 0.3 is 0 Å². The van der Waals surface area contributed by atoms with Crippen molar-refractivity contribution >= 4 is 27.3 Å². The Morgan fingerprint density at radius 2 is 1.88 bits per heavy atom. The molecule has 0 bridgehead atoms. The molecular weight excluding hydrogens is 374 g/mol. The first-order valence-electron chi connectivity index (χ1n) is 8.38. The molecule has 0 aliphatic carbocycles. The zero-order valence-electron chi connectivity index (χ0n) is 15.5. The van der Waals surface area contributed by atoms with Crippen LogP contribution < -0.4 is 5.32 Å². The van der Waals surface area contributed by atoms with Crippen molar-refractivity contribution in [3.05, 3.63) is 45.7 Å². The summed E-state index contributed by atoms with van der Waals surface area (Å²) in [5, 5.41) is 7.63. The maximum Gasteiger partial charge on any atom is 0.221 e. The second-order valence-corrected chi connectivity index (χ2v) is 8.86. The van der Waals surface area contributed by atoms with E-state index in [1.807, 2.05) is 27.7 Å². The molecule has 0 unspecified atom stereocenters. The average Bonchev–Trinajstić information content (AvgIpc) is 2.82. The van der Waals surface area contributed by atoms with Gasteiger partial charge in [0.25, 0.3) is 0 Å². The maximum absolute atomic E-state index is 12.4. The summed E-state index contributed by atoms with van der Waals surface area (Å²) in [6, 6.07) is 5.01. The summed E-state index contributed by atoms with van der Waals surface area (Å²) >= 11 is 6.08. The van der Waals surface area contributed by atoms with Gasteiger partial charge < -0.3 is 5.32 Å². The van der Waals surface area contributed by atoms with Crippen LogP contribution in [-0.2, 0) is 21.2 Å². The van der Waals surface area contributed by atoms with Crippen molar-refractivity contribution in [2.45, 2.75) is 45.6 Å². The highest BCUT2D eigenvalue weighted by Crippen LogP contribution is 2.18. The Morgan fingerprint density at radius 3 is 2.46 bits per heavy atom. The molecule has 0 saturated carbocycles. The molecule has 0 atom stereocenters. The molecule has 1 N–H and O–H groups in total. The fourth-order valence-electron chi connectivity index (χ4n) is 2.53. The second kappa shape index (κ2) is 8.22. The lowest BCUT2D eigenvalue weighted by Gasteiger charge is -2.09. The van der Waals surface area contributed by atoms with E-state index in [1.165, 1.54) is 0 Å². The van der Waals surface area contributed by atoms with E-state index < -0.39 is 9.84 Å². The van der Waals surface area contributed by atoms with Gasteiger partial charge in [0.2, 0.25) is 5.91 Å². The Balaban J connectivity index is 1.86. The van der Waals surface area contributed by atoms with Crippen molar-refractivity contribution in [1.82, 2.24) is 15.1 Å². The molecule has 2 aromatic rings. The van der Waals surface area contributed by atoms with Gasteiger partial charge in [-0.1, -0.05) is 17.7 Å². The summed E-state index contributed by atoms with van der Waals surface area (Å²) in [5.41, 5.74) is 3.54. The number of rotatable bonds is 7. The normalized spacial score (nSPS) is 11.6. The highest BCUT2D eigenvalue weighted by Gasteiger charge is 2.17. The number of hydrogen-bond donors (Lipinski definition) is 1. The number of amides is 1. The molecule has 0 aliphatic heterocycles. The van der Waals surface area contributed by atoms with E-state index >= 15 is 0 Å². The second-order valence-electron chi connectivity index (χ2n) is 6.37. The number of hydrogen-bond acceptors (Lipinski definition) is 4. The molecule has 142 valence electrons. The molecule has 8 heteroatoms. The van der Waals surface area contributed by atoms with Gasteiger partial charge in [0.15, 0.2) is 9.84 Å². The average molecular weight is 398 g/mol. The number of carbonyl (C=O) groups excluding carboxylic acids is 1. The van der Waals surface area contributed by atoms with Crippen LogP contribution in [0.3, 0.4) is 0 Å². The monoisotopic (exact) mass is 397 g/mol. The summed E-state index contributed by atoms with van der Waals surface area (Å²) < 4.78 is 26.5. The fourth-order valence-corrected chi connectivity index (χ4v) is 3.99. The Morgan fingerprint density at radius 1 is 1.19 bits per heavy atom. The third-order valence-electron chi connectivity index (χ3n) is 4.37. The number of halogens is 1. The topological polar surface area (TPSA) is 81.1 Å². The first-order chi connectivity index (χ1) is 12.1. The van der Waals surface area contributed by atoms with Crippen LogP contribution in [0.4, 0.5) is 0 Å². The minimum atomic E-state index is -3.48. The van der Waals surface area contributed by atoms with Gasteiger partial charge in [0.05, 0.1) is 33.6 Å². The standard InChI is InChI=1S/C18H24ClN3O3S/c1-12-5-6-16(11-13(12)2)26(24,25)10-7-17(23)20-8-9-22-15(4)18(19)14(3)21-22/h5-6,11H,7-10H2,1-4H3,(H,20,23). The van der Waals surface area contributed by atoms with E-state index in [9.17, 15) is 13.2 Å². The quantitative estimate of drug-likeness (QED) is 0.778. The predicted octanol–water partition coefficient (Wildman–Crippen LogP) is 2.75. The molecule has 2 rings (SSSR count). The van der Waals surface area contributed by atoms with Crippen molar-refractivity contribution in [3.63, 3.8) is 0 Å². The summed E-state index contributed by atoms with van der Waals surface area (Å²) in [6.07, 6.45) is -0.0763. The van der Waals surface area contributed by atoms with Crippen molar-refractivity contribution in [3.8, 4) is 0 Å². The van der Waals surface area contributed by atoms with Gasteiger partial charge in [0, 0.05) is 13.0 Å². The minimum absolute atomic E-state index is 0.0763. The SMILES string of the molecule is Cc1ccc(S(=O)(=O)CCC(=O)NCCn2nc(C)c(Cl)c2C)cc1C. The molecular formula is C18H24ClN3O3S. The van der Waals surface area contributed by atoms with Gasteiger partial charge in [-0.25, -0.2) is 8.42 Å². The highest BCUT2D eigenvalue weighted by atomic mass is 35.5. The maximum atomic E-state index is 12.4. The molecule has 0 fully saturated rings. The first kappa shape index (κ1) is 20.5. The van der Waals surface area contributed by atoms with Crippen LogP contribution in [0.25, 0.3) is 0 Å². The lowest BCUT2D eigenvalue weighted by molar-refractivity contribution is -0.120. The van der Waals surface area contributed by atoms with Crippen molar-refractivity contribution in [2.75, 3.05) is 12.3 Å². The molecule has 1 aromatic heterocycles. The third-order valence-corrected chi connectivity index (χ3v) is 6.64. The van der Waals surface area contributed by atoms with Crippen LogP contribution in [0.5, 0.6) is 0 Å². The van der Waals surface area contributed by atoms with E-state index in [-0.39, 0.29) is 23.0 Å². The van der Waals surface area contributed by atoms with Crippen LogP contribution in [0, 0.1) is 27.7 Å². The van der Waals surface area contributed by atoms with Gasteiger partial charge in [-0.15, -0.1) is 0 Å². The van der Waals surface area contributed by atoms with Gasteiger partial charge in [-0.2, -0.15) is 5.10 Å². The lowest BCUT2D eigenvalue weighted by Crippen LogP contribution is -2.29. The fraction of sp³-hybridized carbons (Fsp3) is 0.444. The Hall–Kier alpha value is -1.86. The molecule has 26 heavy (non-hydrogen) atoms. The Kier molecular flexibility index (Phi) is 6.47. The predicted molar refractivity (Wildman–Crippen MR) is 102 cm³/mol. The molecule has 0 spiro atoms. The minimum Gasteiger partial charge on any atom is -0.354 e. The first-order valence-corrected chi connectivity index (χ1v) is 10.4. The van der Waals surface area contributed by atoms with E-state index in [4.69, 9.17) is 11.6 Å². The van der Waals surface area contributed by atoms with Gasteiger partial charge in [-0.05, 0) is 51.0 Å². The third kappa shape index (κ3) is 4.86. The van der Waals surface area contributed by atoms with Crippen LogP contribution in [-0.4, -0.2) is 36.4 Å². The van der Waals surface area contributed by atoms with Crippen molar-refractivity contribution in [2.24, 2.45) is 0 Å².